The summed E-state index contributed by atoms with van der Waals surface area (Å²) in [7, 11) is 0. The highest BCUT2D eigenvalue weighted by Gasteiger charge is 2.23. The Hall–Kier alpha value is -2.24. The number of rotatable bonds is 5. The molecule has 1 N–H and O–H groups in total. The zero-order valence-corrected chi connectivity index (χ0v) is 18.9. The van der Waals surface area contributed by atoms with Gasteiger partial charge in [-0.2, -0.15) is 5.10 Å². The van der Waals surface area contributed by atoms with Gasteiger partial charge < -0.3 is 5.11 Å². The fraction of sp³-hybridized carbons (Fsp3) is 0.417. The van der Waals surface area contributed by atoms with Crippen molar-refractivity contribution in [1.82, 2.24) is 14.6 Å². The molecule has 0 aliphatic heterocycles. The zero-order chi connectivity index (χ0) is 20.9. The second kappa shape index (κ2) is 7.54. The van der Waals surface area contributed by atoms with Gasteiger partial charge in [-0.1, -0.05) is 32.0 Å². The Bertz CT molecular complexity index is 1200. The van der Waals surface area contributed by atoms with Gasteiger partial charge in [0.2, 0.25) is 0 Å². The van der Waals surface area contributed by atoms with Crippen molar-refractivity contribution in [2.45, 2.75) is 66.4 Å². The molecule has 4 aromatic rings. The lowest BCUT2D eigenvalue weighted by atomic mass is 9.95. The molecule has 1 aromatic carbocycles. The van der Waals surface area contributed by atoms with E-state index in [1.54, 1.807) is 11.3 Å². The Morgan fingerprint density at radius 2 is 1.83 bits per heavy atom. The first kappa shape index (κ1) is 20.0. The molecule has 152 valence electrons. The van der Waals surface area contributed by atoms with Crippen LogP contribution in [0.15, 0.2) is 24.3 Å². The van der Waals surface area contributed by atoms with Crippen molar-refractivity contribution in [3.63, 3.8) is 0 Å². The number of hydrogen-bond acceptors (Lipinski definition) is 4. The maximum absolute atomic E-state index is 10.2. The van der Waals surface area contributed by atoms with Crippen molar-refractivity contribution < 1.29 is 5.11 Å². The van der Waals surface area contributed by atoms with Gasteiger partial charge >= 0.3 is 0 Å². The molecule has 0 aliphatic carbocycles. The number of aromatic nitrogens is 3. The minimum Gasteiger partial charge on any atom is -0.389 e. The van der Waals surface area contributed by atoms with Crippen LogP contribution in [0, 0.1) is 20.8 Å². The Morgan fingerprint density at radius 3 is 2.48 bits per heavy atom. The normalized spacial score (nSPS) is 13.1. The molecular weight excluding hydrogens is 378 g/mol. The van der Waals surface area contributed by atoms with E-state index in [2.05, 4.69) is 51.3 Å². The molecule has 0 saturated carbocycles. The molecule has 1 atom stereocenters. The average molecular weight is 408 g/mol. The fourth-order valence-electron chi connectivity index (χ4n) is 4.48. The number of hydrogen-bond donors (Lipinski definition) is 1. The summed E-state index contributed by atoms with van der Waals surface area (Å²) in [5.41, 5.74) is 7.52. The largest absolute Gasteiger partial charge is 0.389 e. The first-order valence-electron chi connectivity index (χ1n) is 10.4. The van der Waals surface area contributed by atoms with Crippen LogP contribution in [0.5, 0.6) is 0 Å². The lowest BCUT2D eigenvalue weighted by Gasteiger charge is -2.15. The van der Waals surface area contributed by atoms with Crippen LogP contribution in [0.1, 0.15) is 73.0 Å². The van der Waals surface area contributed by atoms with Crippen LogP contribution in [0.4, 0.5) is 0 Å². The minimum absolute atomic E-state index is 0.482. The number of benzene rings is 1. The minimum atomic E-state index is -0.491. The van der Waals surface area contributed by atoms with Crippen molar-refractivity contribution in [3.8, 4) is 11.3 Å². The van der Waals surface area contributed by atoms with E-state index in [1.165, 1.54) is 21.4 Å². The molecule has 4 nitrogen and oxygen atoms in total. The monoisotopic (exact) mass is 407 g/mol. The van der Waals surface area contributed by atoms with Crippen molar-refractivity contribution >= 4 is 27.1 Å². The van der Waals surface area contributed by atoms with Crippen LogP contribution in [0.3, 0.4) is 0 Å². The molecule has 0 saturated heterocycles. The number of aliphatic hydroxyl groups excluding tert-OH is 1. The van der Waals surface area contributed by atoms with E-state index in [1.807, 2.05) is 19.1 Å². The summed E-state index contributed by atoms with van der Waals surface area (Å²) in [4.78, 5) is 6.22. The van der Waals surface area contributed by atoms with Crippen LogP contribution in [-0.4, -0.2) is 19.7 Å². The molecule has 0 aliphatic rings. The highest BCUT2D eigenvalue weighted by molar-refractivity contribution is 7.19. The van der Waals surface area contributed by atoms with Gasteiger partial charge in [0.15, 0.2) is 5.65 Å². The van der Waals surface area contributed by atoms with E-state index in [4.69, 9.17) is 10.1 Å². The van der Waals surface area contributed by atoms with Crippen LogP contribution >= 0.6 is 11.3 Å². The number of nitrogens with zero attached hydrogens (tertiary/aromatic N) is 3. The molecular formula is C24H29N3OS. The molecule has 0 radical (unpaired) electrons. The Labute approximate surface area is 176 Å². The predicted molar refractivity (Wildman–Crippen MR) is 122 cm³/mol. The van der Waals surface area contributed by atoms with Crippen LogP contribution < -0.4 is 0 Å². The van der Waals surface area contributed by atoms with E-state index in [0.717, 1.165) is 45.8 Å². The third-order valence-electron chi connectivity index (χ3n) is 5.94. The van der Waals surface area contributed by atoms with Gasteiger partial charge in [-0.25, -0.2) is 9.50 Å². The second-order valence-electron chi connectivity index (χ2n) is 7.97. The number of aryl methyl sites for hydroxylation is 3. The third kappa shape index (κ3) is 3.17. The molecule has 1 unspecified atom stereocenters. The summed E-state index contributed by atoms with van der Waals surface area (Å²) in [6.07, 6.45) is 1.69. The Morgan fingerprint density at radius 1 is 1.10 bits per heavy atom. The molecule has 29 heavy (non-hydrogen) atoms. The molecule has 0 fully saturated rings. The summed E-state index contributed by atoms with van der Waals surface area (Å²) in [6, 6.07) is 8.40. The van der Waals surface area contributed by atoms with E-state index < -0.39 is 6.10 Å². The number of fused-ring (bicyclic) bond motifs is 2. The van der Waals surface area contributed by atoms with E-state index >= 15 is 0 Å². The van der Waals surface area contributed by atoms with Crippen molar-refractivity contribution in [3.05, 3.63) is 51.7 Å². The average Bonchev–Trinajstić information content (AvgIpc) is 3.17. The number of imidazole rings is 1. The van der Waals surface area contributed by atoms with Crippen LogP contribution in [-0.2, 0) is 0 Å². The highest BCUT2D eigenvalue weighted by Crippen LogP contribution is 2.43. The van der Waals surface area contributed by atoms with E-state index in [-0.39, 0.29) is 0 Å². The Balaban J connectivity index is 2.07. The van der Waals surface area contributed by atoms with E-state index in [0.29, 0.717) is 5.92 Å². The predicted octanol–water partition coefficient (Wildman–Crippen LogP) is 6.49. The smallest absolute Gasteiger partial charge is 0.157 e. The summed E-state index contributed by atoms with van der Waals surface area (Å²) in [6.45, 7) is 12.6. The van der Waals surface area contributed by atoms with Gasteiger partial charge in [-0.05, 0) is 58.1 Å². The van der Waals surface area contributed by atoms with Crippen LogP contribution in [0.25, 0.3) is 27.0 Å². The molecule has 0 bridgehead atoms. The number of aliphatic hydroxyl groups is 1. The van der Waals surface area contributed by atoms with Crippen molar-refractivity contribution in [1.29, 1.82) is 0 Å². The third-order valence-corrected chi connectivity index (χ3v) is 7.11. The van der Waals surface area contributed by atoms with Crippen LogP contribution in [0.2, 0.25) is 0 Å². The lowest BCUT2D eigenvalue weighted by molar-refractivity contribution is 0.201. The maximum atomic E-state index is 10.2. The van der Waals surface area contributed by atoms with Gasteiger partial charge in [0.25, 0.3) is 0 Å². The standard InChI is InChI=1S/C24H29N3OS/c1-7-17(8-2)20-12-13(3)26-27-22(14(4)25-24(20)27)21-16(6)29-23-18(15(5)28)10-9-11-19(21)23/h9-12,15,17,28H,7-8H2,1-6H3. The molecule has 4 rings (SSSR count). The topological polar surface area (TPSA) is 50.4 Å². The first-order valence-corrected chi connectivity index (χ1v) is 11.3. The summed E-state index contributed by atoms with van der Waals surface area (Å²) < 4.78 is 3.21. The first-order chi connectivity index (χ1) is 13.9. The molecule has 0 spiro atoms. The van der Waals surface area contributed by atoms with Gasteiger partial charge in [-0.3, -0.25) is 0 Å². The zero-order valence-electron chi connectivity index (χ0n) is 18.1. The second-order valence-corrected chi connectivity index (χ2v) is 9.19. The summed E-state index contributed by atoms with van der Waals surface area (Å²) in [5.74, 6) is 0.482. The van der Waals surface area contributed by atoms with Crippen molar-refractivity contribution in [2.24, 2.45) is 0 Å². The van der Waals surface area contributed by atoms with E-state index in [9.17, 15) is 5.11 Å². The summed E-state index contributed by atoms with van der Waals surface area (Å²) in [5, 5.41) is 16.3. The maximum Gasteiger partial charge on any atom is 0.157 e. The SMILES string of the molecule is CCC(CC)c1cc(C)nn2c(-c3c(C)sc4c(C(C)O)cccc34)c(C)nc12. The quantitative estimate of drug-likeness (QED) is 0.411. The molecule has 3 aromatic heterocycles. The van der Waals surface area contributed by atoms with Gasteiger partial charge in [-0.15, -0.1) is 11.3 Å². The Kier molecular flexibility index (Phi) is 5.21. The number of thiophene rings is 1. The summed E-state index contributed by atoms with van der Waals surface area (Å²) >= 11 is 1.74. The lowest BCUT2D eigenvalue weighted by Crippen LogP contribution is -2.05. The molecule has 3 heterocycles. The van der Waals surface area contributed by atoms with Crippen molar-refractivity contribution in [2.75, 3.05) is 0 Å². The van der Waals surface area contributed by atoms with Gasteiger partial charge in [0.05, 0.1) is 23.2 Å². The van der Waals surface area contributed by atoms with Gasteiger partial charge in [0.1, 0.15) is 0 Å². The molecule has 5 heteroatoms. The highest BCUT2D eigenvalue weighted by atomic mass is 32.1. The fourth-order valence-corrected chi connectivity index (χ4v) is 5.73. The molecule has 0 amide bonds. The van der Waals surface area contributed by atoms with Gasteiger partial charge in [0, 0.05) is 26.1 Å².